The largest absolute Gasteiger partial charge is 0.476 e. The zero-order valence-electron chi connectivity index (χ0n) is 13.6. The number of halogens is 1. The highest BCUT2D eigenvalue weighted by Crippen LogP contribution is 2.26. The molecule has 0 saturated carbocycles. The molecule has 0 aliphatic carbocycles. The Kier molecular flexibility index (Phi) is 5.65. The van der Waals surface area contributed by atoms with Crippen LogP contribution in [0.3, 0.4) is 0 Å². The van der Waals surface area contributed by atoms with Crippen molar-refractivity contribution >= 4 is 52.4 Å². The van der Waals surface area contributed by atoms with Crippen LogP contribution in [0.1, 0.15) is 25.7 Å². The molecule has 0 unspecified atom stereocenters. The van der Waals surface area contributed by atoms with Crippen molar-refractivity contribution in [3.05, 3.63) is 62.9 Å². The van der Waals surface area contributed by atoms with E-state index in [-0.39, 0.29) is 11.5 Å². The number of aromatic nitrogens is 2. The predicted octanol–water partition coefficient (Wildman–Crippen LogP) is 4.32. The van der Waals surface area contributed by atoms with Crippen LogP contribution in [-0.4, -0.2) is 32.8 Å². The van der Waals surface area contributed by atoms with Crippen LogP contribution in [0.4, 0.5) is 5.82 Å². The third-order valence-corrected chi connectivity index (χ3v) is 5.34. The number of nitrogens with one attached hydrogen (secondary N) is 1. The fourth-order valence-electron chi connectivity index (χ4n) is 2.38. The van der Waals surface area contributed by atoms with Crippen molar-refractivity contribution in [2.45, 2.75) is 11.7 Å². The quantitative estimate of drug-likeness (QED) is 0.594. The number of carbonyl (C=O) groups is 2. The van der Waals surface area contributed by atoms with Gasteiger partial charge in [0.1, 0.15) is 0 Å². The van der Waals surface area contributed by atoms with Gasteiger partial charge in [0.15, 0.2) is 16.7 Å². The summed E-state index contributed by atoms with van der Waals surface area (Å²) in [5.74, 6) is -1.57. The number of carboxylic acids is 1. The van der Waals surface area contributed by atoms with E-state index in [1.54, 1.807) is 28.8 Å². The second kappa shape index (κ2) is 7.94. The van der Waals surface area contributed by atoms with Gasteiger partial charge >= 0.3 is 5.97 Å². The number of carboxylic acid groups (broad SMARTS) is 1. The molecule has 3 rings (SSSR count). The zero-order chi connectivity index (χ0) is 18.7. The van der Waals surface area contributed by atoms with Crippen molar-refractivity contribution < 1.29 is 14.7 Å². The average Bonchev–Trinajstić information content (AvgIpc) is 3.23. The minimum absolute atomic E-state index is 0.0263. The Bertz CT molecular complexity index is 937. The number of nitrogens with zero attached hydrogens (tertiary/aromatic N) is 2. The van der Waals surface area contributed by atoms with Crippen LogP contribution in [0.2, 0.25) is 5.02 Å². The highest BCUT2D eigenvalue weighted by Gasteiger charge is 2.24. The summed E-state index contributed by atoms with van der Waals surface area (Å²) in [5.41, 5.74) is 0.314. The first kappa shape index (κ1) is 18.5. The molecule has 2 aromatic heterocycles. The van der Waals surface area contributed by atoms with Gasteiger partial charge in [-0.2, -0.15) is 0 Å². The third kappa shape index (κ3) is 3.92. The number of hydrogen-bond acceptors (Lipinski definition) is 5. The van der Waals surface area contributed by atoms with Crippen molar-refractivity contribution in [2.24, 2.45) is 0 Å². The number of imidazole rings is 1. The Labute approximate surface area is 162 Å². The number of amides is 1. The van der Waals surface area contributed by atoms with E-state index in [1.165, 1.54) is 23.1 Å². The summed E-state index contributed by atoms with van der Waals surface area (Å²) < 4.78 is 1.59. The number of benzene rings is 1. The smallest absolute Gasteiger partial charge is 0.356 e. The molecule has 26 heavy (non-hydrogen) atoms. The van der Waals surface area contributed by atoms with E-state index < -0.39 is 11.9 Å². The van der Waals surface area contributed by atoms with Gasteiger partial charge in [-0.05, 0) is 42.0 Å². The number of rotatable bonds is 6. The highest BCUT2D eigenvalue weighted by atomic mass is 35.5. The molecule has 0 aliphatic rings. The molecule has 3 aromatic rings. The highest BCUT2D eigenvalue weighted by molar-refractivity contribution is 7.98. The van der Waals surface area contributed by atoms with Crippen LogP contribution in [0, 0.1) is 0 Å². The molecule has 2 N–H and O–H groups in total. The summed E-state index contributed by atoms with van der Waals surface area (Å²) in [6.07, 6.45) is 1.81. The standard InChI is InChI=1S/C17H14ClN3O3S2/c1-25-17-20-14(19-15(22)10-4-6-11(18)7-5-10)13(16(23)24)21(17)9-12-3-2-8-26-12/h2-8H,9H2,1H3,(H,19,22)(H,23,24). The predicted molar refractivity (Wildman–Crippen MR) is 104 cm³/mol. The van der Waals surface area contributed by atoms with Crippen molar-refractivity contribution in [1.82, 2.24) is 9.55 Å². The van der Waals surface area contributed by atoms with Crippen molar-refractivity contribution in [2.75, 3.05) is 11.6 Å². The molecule has 0 aliphatic heterocycles. The molecule has 134 valence electrons. The first-order chi connectivity index (χ1) is 12.5. The summed E-state index contributed by atoms with van der Waals surface area (Å²) in [7, 11) is 0. The molecule has 0 fully saturated rings. The summed E-state index contributed by atoms with van der Waals surface area (Å²) in [6.45, 7) is 0.374. The van der Waals surface area contributed by atoms with Crippen LogP contribution in [-0.2, 0) is 6.54 Å². The van der Waals surface area contributed by atoms with Gasteiger partial charge in [0.05, 0.1) is 6.54 Å². The molecular weight excluding hydrogens is 394 g/mol. The van der Waals surface area contributed by atoms with E-state index in [2.05, 4.69) is 10.3 Å². The second-order valence-corrected chi connectivity index (χ2v) is 7.47. The van der Waals surface area contributed by atoms with Crippen LogP contribution in [0.25, 0.3) is 0 Å². The lowest BCUT2D eigenvalue weighted by molar-refractivity contribution is 0.0686. The normalized spacial score (nSPS) is 10.7. The number of hydrogen-bond donors (Lipinski definition) is 2. The van der Waals surface area contributed by atoms with Gasteiger partial charge < -0.3 is 15.0 Å². The van der Waals surface area contributed by atoms with E-state index in [0.29, 0.717) is 22.3 Å². The molecule has 0 atom stereocenters. The average molecular weight is 408 g/mol. The van der Waals surface area contributed by atoms with E-state index in [9.17, 15) is 14.7 Å². The van der Waals surface area contributed by atoms with E-state index in [1.807, 2.05) is 23.8 Å². The van der Waals surface area contributed by atoms with E-state index in [4.69, 9.17) is 11.6 Å². The fourth-order valence-corrected chi connectivity index (χ4v) is 3.76. The molecule has 0 saturated heterocycles. The molecule has 1 aromatic carbocycles. The van der Waals surface area contributed by atoms with Crippen LogP contribution in [0.5, 0.6) is 0 Å². The molecule has 0 spiro atoms. The molecule has 1 amide bonds. The lowest BCUT2D eigenvalue weighted by Gasteiger charge is -2.08. The molecule has 0 bridgehead atoms. The number of anilines is 1. The van der Waals surface area contributed by atoms with Gasteiger partial charge in [0.25, 0.3) is 5.91 Å². The third-order valence-electron chi connectivity index (χ3n) is 3.55. The van der Waals surface area contributed by atoms with Gasteiger partial charge in [-0.1, -0.05) is 29.4 Å². The van der Waals surface area contributed by atoms with E-state index >= 15 is 0 Å². The van der Waals surface area contributed by atoms with Crippen molar-refractivity contribution in [3.8, 4) is 0 Å². The summed E-state index contributed by atoms with van der Waals surface area (Å²) >= 11 is 8.67. The molecular formula is C17H14ClN3O3S2. The molecule has 9 heteroatoms. The first-order valence-electron chi connectivity index (χ1n) is 7.46. The van der Waals surface area contributed by atoms with Crippen LogP contribution in [0.15, 0.2) is 46.9 Å². The molecule has 0 radical (unpaired) electrons. The Balaban J connectivity index is 1.95. The van der Waals surface area contributed by atoms with Crippen LogP contribution >= 0.6 is 34.7 Å². The summed E-state index contributed by atoms with van der Waals surface area (Å²) in [5, 5.41) is 15.2. The van der Waals surface area contributed by atoms with Gasteiger partial charge in [-0.15, -0.1) is 11.3 Å². The van der Waals surface area contributed by atoms with Gasteiger partial charge in [0.2, 0.25) is 0 Å². The number of thiophene rings is 1. The van der Waals surface area contributed by atoms with Crippen molar-refractivity contribution in [3.63, 3.8) is 0 Å². The topological polar surface area (TPSA) is 84.2 Å². The first-order valence-corrected chi connectivity index (χ1v) is 9.95. The molecule has 6 nitrogen and oxygen atoms in total. The SMILES string of the molecule is CSc1nc(NC(=O)c2ccc(Cl)cc2)c(C(=O)O)n1Cc1cccs1. The van der Waals surface area contributed by atoms with Gasteiger partial charge in [-0.3, -0.25) is 4.79 Å². The second-order valence-electron chi connectivity index (χ2n) is 5.23. The summed E-state index contributed by atoms with van der Waals surface area (Å²) in [4.78, 5) is 29.6. The maximum absolute atomic E-state index is 12.4. The fraction of sp³-hybridized carbons (Fsp3) is 0.118. The zero-order valence-corrected chi connectivity index (χ0v) is 16.0. The van der Waals surface area contributed by atoms with Gasteiger partial charge in [0, 0.05) is 15.5 Å². The summed E-state index contributed by atoms with van der Waals surface area (Å²) in [6, 6.07) is 10.1. The number of aromatic carboxylic acids is 1. The lowest BCUT2D eigenvalue weighted by atomic mass is 10.2. The minimum atomic E-state index is -1.15. The minimum Gasteiger partial charge on any atom is -0.476 e. The van der Waals surface area contributed by atoms with Gasteiger partial charge in [-0.25, -0.2) is 9.78 Å². The molecule has 2 heterocycles. The number of carbonyl (C=O) groups excluding carboxylic acids is 1. The Morgan fingerprint density at radius 2 is 2.04 bits per heavy atom. The maximum atomic E-state index is 12.4. The lowest BCUT2D eigenvalue weighted by Crippen LogP contribution is -2.16. The Morgan fingerprint density at radius 1 is 1.31 bits per heavy atom. The monoisotopic (exact) mass is 407 g/mol. The Morgan fingerprint density at radius 3 is 2.62 bits per heavy atom. The van der Waals surface area contributed by atoms with E-state index in [0.717, 1.165) is 4.88 Å². The number of thioether (sulfide) groups is 1. The Hall–Kier alpha value is -2.29. The maximum Gasteiger partial charge on any atom is 0.356 e. The van der Waals surface area contributed by atoms with Crippen LogP contribution < -0.4 is 5.32 Å². The van der Waals surface area contributed by atoms with Crippen molar-refractivity contribution in [1.29, 1.82) is 0 Å².